The van der Waals surface area contributed by atoms with Gasteiger partial charge in [-0.25, -0.2) is 0 Å². The van der Waals surface area contributed by atoms with E-state index in [1.54, 1.807) is 19.9 Å². The van der Waals surface area contributed by atoms with Gasteiger partial charge >= 0.3 is 0 Å². The van der Waals surface area contributed by atoms with Crippen LogP contribution in [-0.4, -0.2) is 31.1 Å². The molecule has 0 spiro atoms. The van der Waals surface area contributed by atoms with Crippen LogP contribution in [0.15, 0.2) is 29.4 Å². The number of ether oxygens (including phenoxy) is 1. The van der Waals surface area contributed by atoms with Crippen molar-refractivity contribution in [3.8, 4) is 0 Å². The Morgan fingerprint density at radius 1 is 1.38 bits per heavy atom. The van der Waals surface area contributed by atoms with Gasteiger partial charge in [0, 0.05) is 18.7 Å². The molecule has 0 aromatic heterocycles. The molecule has 0 radical (unpaired) electrons. The molecule has 116 valence electrons. The van der Waals surface area contributed by atoms with Crippen LogP contribution in [0.2, 0.25) is 5.02 Å². The molecule has 21 heavy (non-hydrogen) atoms. The smallest absolute Gasteiger partial charge is 0.263 e. The van der Waals surface area contributed by atoms with E-state index < -0.39 is 6.10 Å². The number of amides is 1. The number of halogens is 1. The summed E-state index contributed by atoms with van der Waals surface area (Å²) < 4.78 is 4.97. The van der Waals surface area contributed by atoms with Gasteiger partial charge < -0.3 is 20.6 Å². The molecule has 1 amide bonds. The van der Waals surface area contributed by atoms with Crippen molar-refractivity contribution in [2.45, 2.75) is 32.6 Å². The third-order valence-electron chi connectivity index (χ3n) is 2.87. The first-order chi connectivity index (χ1) is 9.95. The van der Waals surface area contributed by atoms with Crippen LogP contribution in [0.25, 0.3) is 0 Å². The van der Waals surface area contributed by atoms with Gasteiger partial charge in [-0.3, -0.25) is 4.79 Å². The van der Waals surface area contributed by atoms with E-state index in [0.29, 0.717) is 11.6 Å². The zero-order valence-electron chi connectivity index (χ0n) is 12.3. The predicted octanol–water partition coefficient (Wildman–Crippen LogP) is 1.67. The van der Waals surface area contributed by atoms with E-state index in [1.807, 2.05) is 18.2 Å². The summed E-state index contributed by atoms with van der Waals surface area (Å²) in [6.45, 7) is 3.63. The number of methoxy groups -OCH3 is 1. The summed E-state index contributed by atoms with van der Waals surface area (Å²) in [7, 11) is 1.51. The molecule has 0 saturated carbocycles. The third-order valence-corrected chi connectivity index (χ3v) is 3.24. The maximum absolute atomic E-state index is 11.9. The lowest BCUT2D eigenvalue weighted by molar-refractivity contribution is -0.131. The quantitative estimate of drug-likeness (QED) is 0.455. The fraction of sp³-hybridized carbons (Fsp3) is 0.429. The minimum Gasteiger partial charge on any atom is -0.382 e. The molecule has 7 heteroatoms. The monoisotopic (exact) mass is 313 g/mol. The molecule has 1 aromatic carbocycles. The highest BCUT2D eigenvalue weighted by molar-refractivity contribution is 6.31. The molecule has 0 aliphatic heterocycles. The van der Waals surface area contributed by atoms with Crippen LogP contribution >= 0.6 is 11.6 Å². The minimum absolute atomic E-state index is 0.170. The largest absolute Gasteiger partial charge is 0.382 e. The van der Waals surface area contributed by atoms with E-state index in [1.165, 1.54) is 7.11 Å². The van der Waals surface area contributed by atoms with Crippen molar-refractivity contribution in [3.63, 3.8) is 0 Å². The van der Waals surface area contributed by atoms with Gasteiger partial charge in [-0.1, -0.05) is 35.0 Å². The second kappa shape index (κ2) is 8.49. The Balaban J connectivity index is 2.47. The van der Waals surface area contributed by atoms with Crippen LogP contribution in [-0.2, 0) is 20.9 Å². The summed E-state index contributed by atoms with van der Waals surface area (Å²) in [6.07, 6.45) is -1.14. The molecule has 0 bridgehead atoms. The summed E-state index contributed by atoms with van der Waals surface area (Å²) in [6, 6.07) is 7.28. The molecule has 0 fully saturated rings. The summed E-state index contributed by atoms with van der Waals surface area (Å²) in [5.74, 6) is -0.139. The molecular formula is C14H20ClN3O3. The fourth-order valence-corrected chi connectivity index (χ4v) is 1.55. The molecule has 6 nitrogen and oxygen atoms in total. The molecule has 0 aliphatic carbocycles. The second-order valence-corrected chi connectivity index (χ2v) is 4.86. The van der Waals surface area contributed by atoms with Gasteiger partial charge in [0.05, 0.1) is 0 Å². The maximum atomic E-state index is 11.9. The van der Waals surface area contributed by atoms with Crippen molar-refractivity contribution in [2.75, 3.05) is 7.11 Å². The number of amidine groups is 1. The number of nitrogens with one attached hydrogen (secondary N) is 1. The number of rotatable bonds is 7. The first kappa shape index (κ1) is 17.3. The van der Waals surface area contributed by atoms with Crippen molar-refractivity contribution in [2.24, 2.45) is 10.9 Å². The molecule has 3 N–H and O–H groups in total. The number of nitrogens with zero attached hydrogens (tertiary/aromatic N) is 1. The first-order valence-corrected chi connectivity index (χ1v) is 6.86. The Bertz CT molecular complexity index is 508. The molecule has 0 heterocycles. The van der Waals surface area contributed by atoms with E-state index in [-0.39, 0.29) is 17.8 Å². The molecule has 0 unspecified atom stereocenters. The Kier molecular flexibility index (Phi) is 6.98. The third kappa shape index (κ3) is 5.61. The van der Waals surface area contributed by atoms with E-state index in [9.17, 15) is 4.79 Å². The van der Waals surface area contributed by atoms with E-state index in [2.05, 4.69) is 10.5 Å². The van der Waals surface area contributed by atoms with Crippen molar-refractivity contribution in [3.05, 3.63) is 34.9 Å². The lowest BCUT2D eigenvalue weighted by Crippen LogP contribution is -2.34. The Morgan fingerprint density at radius 3 is 2.67 bits per heavy atom. The zero-order chi connectivity index (χ0) is 15.8. The number of hydrogen-bond acceptors (Lipinski definition) is 4. The molecule has 0 aliphatic rings. The molecule has 1 rings (SSSR count). The summed E-state index contributed by atoms with van der Waals surface area (Å²) in [5, 5.41) is 6.99. The van der Waals surface area contributed by atoms with Gasteiger partial charge in [0.15, 0.2) is 5.84 Å². The first-order valence-electron chi connectivity index (χ1n) is 6.48. The maximum Gasteiger partial charge on any atom is 0.263 e. The number of hydrogen-bond donors (Lipinski definition) is 2. The average Bonchev–Trinajstić information content (AvgIpc) is 2.50. The van der Waals surface area contributed by atoms with Crippen LogP contribution in [0.4, 0.5) is 0 Å². The number of oxime groups is 1. The Hall–Kier alpha value is -1.79. The SMILES string of the molecule is CO[C@H](C)/C(N)=N\O[C@@H](C)C(=O)NCc1ccccc1Cl. The van der Waals surface area contributed by atoms with Crippen molar-refractivity contribution >= 4 is 23.3 Å². The normalized spacial score (nSPS) is 14.4. The van der Waals surface area contributed by atoms with Crippen LogP contribution in [0.3, 0.4) is 0 Å². The van der Waals surface area contributed by atoms with E-state index in [0.717, 1.165) is 5.56 Å². The van der Waals surface area contributed by atoms with Gasteiger partial charge in [0.25, 0.3) is 5.91 Å². The highest BCUT2D eigenvalue weighted by Crippen LogP contribution is 2.14. The molecule has 2 atom stereocenters. The number of carbonyl (C=O) groups excluding carboxylic acids is 1. The van der Waals surface area contributed by atoms with Crippen LogP contribution in [0.5, 0.6) is 0 Å². The van der Waals surface area contributed by atoms with Gasteiger partial charge in [0.2, 0.25) is 6.10 Å². The number of nitrogens with two attached hydrogens (primary N) is 1. The zero-order valence-corrected chi connectivity index (χ0v) is 13.1. The lowest BCUT2D eigenvalue weighted by Gasteiger charge is -2.13. The minimum atomic E-state index is -0.768. The van der Waals surface area contributed by atoms with Gasteiger partial charge in [-0.2, -0.15) is 0 Å². The number of carbonyl (C=O) groups is 1. The van der Waals surface area contributed by atoms with Crippen molar-refractivity contribution in [1.82, 2.24) is 5.32 Å². The topological polar surface area (TPSA) is 85.9 Å². The van der Waals surface area contributed by atoms with E-state index >= 15 is 0 Å². The van der Waals surface area contributed by atoms with Gasteiger partial charge in [-0.15, -0.1) is 0 Å². The lowest BCUT2D eigenvalue weighted by atomic mass is 10.2. The molecular weight excluding hydrogens is 294 g/mol. The molecule has 0 saturated heterocycles. The highest BCUT2D eigenvalue weighted by Gasteiger charge is 2.15. The van der Waals surface area contributed by atoms with Crippen LogP contribution in [0, 0.1) is 0 Å². The van der Waals surface area contributed by atoms with Crippen molar-refractivity contribution in [1.29, 1.82) is 0 Å². The van der Waals surface area contributed by atoms with Crippen LogP contribution < -0.4 is 11.1 Å². The summed E-state index contributed by atoms with van der Waals surface area (Å²) >= 11 is 6.01. The van der Waals surface area contributed by atoms with E-state index in [4.69, 9.17) is 26.9 Å². The van der Waals surface area contributed by atoms with Gasteiger partial charge in [-0.05, 0) is 25.5 Å². The summed E-state index contributed by atoms with van der Waals surface area (Å²) in [4.78, 5) is 16.9. The highest BCUT2D eigenvalue weighted by atomic mass is 35.5. The average molecular weight is 314 g/mol. The number of benzene rings is 1. The second-order valence-electron chi connectivity index (χ2n) is 4.45. The van der Waals surface area contributed by atoms with Crippen LogP contribution in [0.1, 0.15) is 19.4 Å². The van der Waals surface area contributed by atoms with Crippen molar-refractivity contribution < 1.29 is 14.4 Å². The molecule has 1 aromatic rings. The fourth-order valence-electron chi connectivity index (χ4n) is 1.35. The standard InChI is InChI=1S/C14H20ClN3O3/c1-9(20-3)13(16)18-21-10(2)14(19)17-8-11-6-4-5-7-12(11)15/h4-7,9-10H,8H2,1-3H3,(H2,16,18)(H,17,19)/t9-,10+/m1/s1. The Morgan fingerprint density at radius 2 is 2.05 bits per heavy atom. The predicted molar refractivity (Wildman–Crippen MR) is 81.9 cm³/mol. The van der Waals surface area contributed by atoms with Gasteiger partial charge in [0.1, 0.15) is 6.10 Å². The summed E-state index contributed by atoms with van der Waals surface area (Å²) in [5.41, 5.74) is 6.44. The Labute approximate surface area is 129 Å².